The van der Waals surface area contributed by atoms with Crippen LogP contribution in [0.25, 0.3) is 0 Å². The van der Waals surface area contributed by atoms with E-state index in [1.807, 2.05) is 37.3 Å². The molecular formula is C19H24BrCl2NO2. The maximum absolute atomic E-state index is 5.99. The molecule has 2 aromatic rings. The van der Waals surface area contributed by atoms with E-state index in [9.17, 15) is 0 Å². The third-order valence-corrected chi connectivity index (χ3v) is 4.26. The van der Waals surface area contributed by atoms with Gasteiger partial charge in [-0.2, -0.15) is 0 Å². The predicted molar refractivity (Wildman–Crippen MR) is 110 cm³/mol. The van der Waals surface area contributed by atoms with Crippen molar-refractivity contribution in [2.75, 3.05) is 13.2 Å². The van der Waals surface area contributed by atoms with Crippen LogP contribution in [0.4, 0.5) is 0 Å². The Morgan fingerprint density at radius 2 is 1.76 bits per heavy atom. The lowest BCUT2D eigenvalue weighted by Crippen LogP contribution is -2.14. The SMILES string of the molecule is CCCNCc1cc(Br)c(OCc2ccc(Cl)cc2)c(OCC)c1.Cl. The molecule has 0 saturated carbocycles. The Hall–Kier alpha value is -0.940. The zero-order valence-electron chi connectivity index (χ0n) is 14.5. The highest BCUT2D eigenvalue weighted by atomic mass is 79.9. The standard InChI is InChI=1S/C19H23BrClNO2.ClH/c1-3-9-22-12-15-10-17(20)19(18(11-15)23-4-2)24-13-14-5-7-16(21)8-6-14;/h5-8,10-11,22H,3-4,9,12-13H2,1-2H3;1H. The van der Waals surface area contributed by atoms with Gasteiger partial charge >= 0.3 is 0 Å². The van der Waals surface area contributed by atoms with E-state index >= 15 is 0 Å². The van der Waals surface area contributed by atoms with Crippen LogP contribution in [0.15, 0.2) is 40.9 Å². The van der Waals surface area contributed by atoms with Crippen molar-refractivity contribution in [3.8, 4) is 11.5 Å². The van der Waals surface area contributed by atoms with Crippen LogP contribution in [0, 0.1) is 0 Å². The van der Waals surface area contributed by atoms with E-state index in [1.54, 1.807) is 0 Å². The molecule has 0 saturated heterocycles. The van der Waals surface area contributed by atoms with Crippen molar-refractivity contribution in [2.24, 2.45) is 0 Å². The Morgan fingerprint density at radius 3 is 2.40 bits per heavy atom. The third-order valence-electron chi connectivity index (χ3n) is 3.42. The van der Waals surface area contributed by atoms with Gasteiger partial charge in [0.15, 0.2) is 11.5 Å². The Labute approximate surface area is 169 Å². The molecule has 2 rings (SSSR count). The number of ether oxygens (including phenoxy) is 2. The van der Waals surface area contributed by atoms with Gasteiger partial charge in [0.1, 0.15) is 6.61 Å². The quantitative estimate of drug-likeness (QED) is 0.477. The topological polar surface area (TPSA) is 30.5 Å². The smallest absolute Gasteiger partial charge is 0.175 e. The first kappa shape index (κ1) is 22.1. The molecule has 1 N–H and O–H groups in total. The summed E-state index contributed by atoms with van der Waals surface area (Å²) < 4.78 is 12.7. The van der Waals surface area contributed by atoms with Crippen LogP contribution < -0.4 is 14.8 Å². The second-order valence-electron chi connectivity index (χ2n) is 5.43. The van der Waals surface area contributed by atoms with Crippen molar-refractivity contribution in [3.63, 3.8) is 0 Å². The van der Waals surface area contributed by atoms with Gasteiger partial charge in [0.25, 0.3) is 0 Å². The van der Waals surface area contributed by atoms with E-state index < -0.39 is 0 Å². The summed E-state index contributed by atoms with van der Waals surface area (Å²) in [5, 5.41) is 4.12. The first-order valence-electron chi connectivity index (χ1n) is 8.17. The van der Waals surface area contributed by atoms with Gasteiger partial charge in [-0.15, -0.1) is 12.4 Å². The molecule has 3 nitrogen and oxygen atoms in total. The molecule has 25 heavy (non-hydrogen) atoms. The van der Waals surface area contributed by atoms with E-state index in [1.165, 1.54) is 0 Å². The molecule has 0 radical (unpaired) electrons. The normalized spacial score (nSPS) is 10.2. The lowest BCUT2D eigenvalue weighted by molar-refractivity contribution is 0.267. The summed E-state index contributed by atoms with van der Waals surface area (Å²) in [6.45, 7) is 6.99. The highest BCUT2D eigenvalue weighted by Gasteiger charge is 2.12. The summed E-state index contributed by atoms with van der Waals surface area (Å²) in [5.74, 6) is 1.49. The van der Waals surface area contributed by atoms with Crippen LogP contribution >= 0.6 is 39.9 Å². The summed E-state index contributed by atoms with van der Waals surface area (Å²) in [5.41, 5.74) is 2.22. The highest BCUT2D eigenvalue weighted by Crippen LogP contribution is 2.37. The van der Waals surface area contributed by atoms with Crippen LogP contribution in [0.3, 0.4) is 0 Å². The number of hydrogen-bond donors (Lipinski definition) is 1. The average molecular weight is 449 g/mol. The highest BCUT2D eigenvalue weighted by molar-refractivity contribution is 9.10. The third kappa shape index (κ3) is 7.06. The second-order valence-corrected chi connectivity index (χ2v) is 6.72. The number of halogens is 3. The van der Waals surface area contributed by atoms with Crippen molar-refractivity contribution in [1.82, 2.24) is 5.32 Å². The molecule has 0 amide bonds. The molecule has 0 spiro atoms. The van der Waals surface area contributed by atoms with E-state index in [4.69, 9.17) is 21.1 Å². The van der Waals surface area contributed by atoms with Gasteiger partial charge in [-0.25, -0.2) is 0 Å². The van der Waals surface area contributed by atoms with Crippen molar-refractivity contribution < 1.29 is 9.47 Å². The second kappa shape index (κ2) is 11.6. The molecule has 0 bridgehead atoms. The Balaban J connectivity index is 0.00000312. The molecule has 0 fully saturated rings. The zero-order valence-corrected chi connectivity index (χ0v) is 17.6. The first-order valence-corrected chi connectivity index (χ1v) is 9.34. The fraction of sp³-hybridized carbons (Fsp3) is 0.368. The van der Waals surface area contributed by atoms with Gasteiger partial charge in [0, 0.05) is 11.6 Å². The molecule has 0 unspecified atom stereocenters. The summed E-state index contributed by atoms with van der Waals surface area (Å²) in [4.78, 5) is 0. The molecule has 0 heterocycles. The largest absolute Gasteiger partial charge is 0.490 e. The minimum atomic E-state index is 0. The summed E-state index contributed by atoms with van der Waals surface area (Å²) in [6.07, 6.45) is 1.11. The minimum absolute atomic E-state index is 0. The molecule has 0 aliphatic carbocycles. The number of benzene rings is 2. The summed E-state index contributed by atoms with van der Waals surface area (Å²) in [7, 11) is 0. The van der Waals surface area contributed by atoms with Crippen molar-refractivity contribution in [1.29, 1.82) is 0 Å². The van der Waals surface area contributed by atoms with Crippen molar-refractivity contribution >= 4 is 39.9 Å². The van der Waals surface area contributed by atoms with Crippen LogP contribution in [0.5, 0.6) is 11.5 Å². The van der Waals surface area contributed by atoms with E-state index in [2.05, 4.69) is 34.2 Å². The molecule has 0 aliphatic rings. The molecule has 0 aromatic heterocycles. The Morgan fingerprint density at radius 1 is 1.04 bits per heavy atom. The summed E-state index contributed by atoms with van der Waals surface area (Å²) in [6, 6.07) is 11.7. The van der Waals surface area contributed by atoms with Crippen LogP contribution in [0.2, 0.25) is 5.02 Å². The number of hydrogen-bond acceptors (Lipinski definition) is 3. The predicted octanol–water partition coefficient (Wildman–Crippen LogP) is 6.00. The monoisotopic (exact) mass is 447 g/mol. The molecule has 138 valence electrons. The molecule has 0 atom stereocenters. The fourth-order valence-corrected chi connectivity index (χ4v) is 3.00. The number of nitrogens with one attached hydrogen (secondary N) is 1. The summed E-state index contributed by atoms with van der Waals surface area (Å²) >= 11 is 9.52. The maximum atomic E-state index is 5.99. The van der Waals surface area contributed by atoms with E-state index in [-0.39, 0.29) is 12.4 Å². The molecule has 2 aromatic carbocycles. The van der Waals surface area contributed by atoms with Crippen LogP contribution in [-0.2, 0) is 13.2 Å². The lowest BCUT2D eigenvalue weighted by atomic mass is 10.2. The van der Waals surface area contributed by atoms with E-state index in [0.29, 0.717) is 13.2 Å². The molecule has 0 aliphatic heterocycles. The van der Waals surface area contributed by atoms with Gasteiger partial charge in [-0.1, -0.05) is 30.7 Å². The number of rotatable bonds is 9. The van der Waals surface area contributed by atoms with Crippen LogP contribution in [0.1, 0.15) is 31.4 Å². The van der Waals surface area contributed by atoms with Gasteiger partial charge in [0.2, 0.25) is 0 Å². The lowest BCUT2D eigenvalue weighted by Gasteiger charge is -2.16. The molecule has 6 heteroatoms. The zero-order chi connectivity index (χ0) is 17.4. The molecular weight excluding hydrogens is 425 g/mol. The van der Waals surface area contributed by atoms with Gasteiger partial charge in [-0.3, -0.25) is 0 Å². The maximum Gasteiger partial charge on any atom is 0.175 e. The Bertz CT molecular complexity index is 651. The first-order chi connectivity index (χ1) is 11.6. The van der Waals surface area contributed by atoms with Gasteiger partial charge in [0.05, 0.1) is 11.1 Å². The van der Waals surface area contributed by atoms with Crippen LogP contribution in [-0.4, -0.2) is 13.2 Å². The van der Waals surface area contributed by atoms with Gasteiger partial charge < -0.3 is 14.8 Å². The van der Waals surface area contributed by atoms with Gasteiger partial charge in [-0.05, 0) is 71.2 Å². The minimum Gasteiger partial charge on any atom is -0.490 e. The Kier molecular flexibility index (Phi) is 10.3. The average Bonchev–Trinajstić information content (AvgIpc) is 2.56. The fourth-order valence-electron chi connectivity index (χ4n) is 2.27. The van der Waals surface area contributed by atoms with E-state index in [0.717, 1.165) is 51.6 Å². The van der Waals surface area contributed by atoms with Crippen molar-refractivity contribution in [3.05, 3.63) is 57.0 Å². The van der Waals surface area contributed by atoms with Crippen molar-refractivity contribution in [2.45, 2.75) is 33.4 Å².